The quantitative estimate of drug-likeness (QED) is 0.874. The van der Waals surface area contributed by atoms with E-state index in [1.165, 1.54) is 0 Å². The van der Waals surface area contributed by atoms with Crippen LogP contribution in [0.15, 0.2) is 11.4 Å². The number of amides is 1. The fraction of sp³-hybridized carbons (Fsp3) is 0.417. The predicted molar refractivity (Wildman–Crippen MR) is 75.0 cm³/mol. The molecule has 2 N–H and O–H groups in total. The van der Waals surface area contributed by atoms with Gasteiger partial charge in [0.25, 0.3) is 0 Å². The third-order valence-electron chi connectivity index (χ3n) is 3.36. The summed E-state index contributed by atoms with van der Waals surface area (Å²) in [6, 6.07) is 1.92. The molecule has 7 heteroatoms. The second kappa shape index (κ2) is 5.03. The number of likely N-dealkylation sites (tertiary alicyclic amines) is 1. The number of nitrogens with zero attached hydrogens (tertiary/aromatic N) is 3. The SMILES string of the molecule is NC(=O)C1CCN(Cc2nc(Cl)c3ccsc3n2)C1. The lowest BCUT2D eigenvalue weighted by molar-refractivity contribution is -0.121. The highest BCUT2D eigenvalue weighted by molar-refractivity contribution is 7.16. The summed E-state index contributed by atoms with van der Waals surface area (Å²) in [6.45, 7) is 2.13. The Morgan fingerprint density at radius 1 is 1.58 bits per heavy atom. The Morgan fingerprint density at radius 2 is 2.42 bits per heavy atom. The van der Waals surface area contributed by atoms with E-state index in [9.17, 15) is 4.79 Å². The maximum Gasteiger partial charge on any atom is 0.221 e. The molecule has 5 nitrogen and oxygen atoms in total. The van der Waals surface area contributed by atoms with Gasteiger partial charge in [0, 0.05) is 11.9 Å². The lowest BCUT2D eigenvalue weighted by Gasteiger charge is -2.14. The monoisotopic (exact) mass is 296 g/mol. The lowest BCUT2D eigenvalue weighted by Crippen LogP contribution is -2.27. The summed E-state index contributed by atoms with van der Waals surface area (Å²) in [5.41, 5.74) is 5.32. The van der Waals surface area contributed by atoms with Crippen molar-refractivity contribution in [1.29, 1.82) is 0 Å². The first kappa shape index (κ1) is 12.8. The summed E-state index contributed by atoms with van der Waals surface area (Å²) in [7, 11) is 0. The molecular formula is C12H13ClN4OS. The van der Waals surface area contributed by atoms with Gasteiger partial charge in [0.05, 0.1) is 12.5 Å². The van der Waals surface area contributed by atoms with Crippen LogP contribution >= 0.6 is 22.9 Å². The van der Waals surface area contributed by atoms with E-state index in [0.717, 1.165) is 23.2 Å². The Balaban J connectivity index is 1.77. The molecule has 1 unspecified atom stereocenters. The molecule has 0 aliphatic carbocycles. The van der Waals surface area contributed by atoms with Crippen LogP contribution in [-0.2, 0) is 11.3 Å². The topological polar surface area (TPSA) is 72.1 Å². The summed E-state index contributed by atoms with van der Waals surface area (Å²) in [6.07, 6.45) is 0.810. The van der Waals surface area contributed by atoms with E-state index < -0.39 is 0 Å². The number of primary amides is 1. The second-order valence-electron chi connectivity index (χ2n) is 4.69. The van der Waals surface area contributed by atoms with Gasteiger partial charge in [0.2, 0.25) is 5.91 Å². The molecule has 3 rings (SSSR count). The fourth-order valence-corrected chi connectivity index (χ4v) is 3.43. The van der Waals surface area contributed by atoms with Crippen LogP contribution in [0, 0.1) is 5.92 Å². The molecule has 1 aliphatic rings. The Morgan fingerprint density at radius 3 is 3.16 bits per heavy atom. The van der Waals surface area contributed by atoms with Gasteiger partial charge in [-0.25, -0.2) is 9.97 Å². The average molecular weight is 297 g/mol. The van der Waals surface area contributed by atoms with E-state index in [1.807, 2.05) is 11.4 Å². The molecule has 0 radical (unpaired) electrons. The normalized spacial score (nSPS) is 20.2. The number of hydrogen-bond acceptors (Lipinski definition) is 5. The number of rotatable bonds is 3. The van der Waals surface area contributed by atoms with E-state index in [4.69, 9.17) is 17.3 Å². The molecule has 2 aromatic rings. The largest absolute Gasteiger partial charge is 0.369 e. The van der Waals surface area contributed by atoms with Gasteiger partial charge in [-0.2, -0.15) is 0 Å². The molecule has 100 valence electrons. The third-order valence-corrected chi connectivity index (χ3v) is 4.46. The standard InChI is InChI=1S/C12H13ClN4OS/c13-10-8-2-4-19-12(8)16-9(15-10)6-17-3-1-7(5-17)11(14)18/h2,4,7H,1,3,5-6H2,(H2,14,18). The number of aromatic nitrogens is 2. The number of carbonyl (C=O) groups excluding carboxylic acids is 1. The van der Waals surface area contributed by atoms with E-state index in [1.54, 1.807) is 11.3 Å². The number of halogens is 1. The van der Waals surface area contributed by atoms with Crippen LogP contribution in [0.3, 0.4) is 0 Å². The minimum atomic E-state index is -0.227. The van der Waals surface area contributed by atoms with Gasteiger partial charge in [0.15, 0.2) is 0 Å². The van der Waals surface area contributed by atoms with Gasteiger partial charge < -0.3 is 5.73 Å². The van der Waals surface area contributed by atoms with Crippen molar-refractivity contribution in [2.45, 2.75) is 13.0 Å². The highest BCUT2D eigenvalue weighted by Crippen LogP contribution is 2.25. The first-order chi connectivity index (χ1) is 9.13. The van der Waals surface area contributed by atoms with Crippen molar-refractivity contribution in [2.75, 3.05) is 13.1 Å². The molecule has 0 aromatic carbocycles. The molecule has 1 atom stereocenters. The van der Waals surface area contributed by atoms with Crippen molar-refractivity contribution in [1.82, 2.24) is 14.9 Å². The van der Waals surface area contributed by atoms with E-state index in [0.29, 0.717) is 24.1 Å². The van der Waals surface area contributed by atoms with Gasteiger partial charge in [-0.3, -0.25) is 9.69 Å². The zero-order valence-electron chi connectivity index (χ0n) is 10.2. The lowest BCUT2D eigenvalue weighted by atomic mass is 10.1. The Bertz CT molecular complexity index is 629. The zero-order valence-corrected chi connectivity index (χ0v) is 11.7. The van der Waals surface area contributed by atoms with Crippen LogP contribution in [0.5, 0.6) is 0 Å². The summed E-state index contributed by atoms with van der Waals surface area (Å²) in [5.74, 6) is 0.418. The predicted octanol–water partition coefficient (Wildman–Crippen LogP) is 1.65. The molecule has 0 saturated carbocycles. The van der Waals surface area contributed by atoms with Gasteiger partial charge in [-0.1, -0.05) is 11.6 Å². The van der Waals surface area contributed by atoms with Crippen LogP contribution in [0.2, 0.25) is 5.15 Å². The molecule has 1 saturated heterocycles. The molecule has 0 spiro atoms. The van der Waals surface area contributed by atoms with Gasteiger partial charge in [-0.15, -0.1) is 11.3 Å². The molecule has 19 heavy (non-hydrogen) atoms. The Hall–Kier alpha value is -1.24. The number of nitrogens with two attached hydrogens (primary N) is 1. The summed E-state index contributed by atoms with van der Waals surface area (Å²) in [5, 5.41) is 3.34. The summed E-state index contributed by atoms with van der Waals surface area (Å²) in [4.78, 5) is 23.0. The Kier molecular flexibility index (Phi) is 3.38. The van der Waals surface area contributed by atoms with Crippen molar-refractivity contribution in [3.05, 3.63) is 22.4 Å². The van der Waals surface area contributed by atoms with Crippen LogP contribution in [0.1, 0.15) is 12.2 Å². The maximum atomic E-state index is 11.1. The molecule has 1 aliphatic heterocycles. The van der Waals surface area contributed by atoms with E-state index in [2.05, 4.69) is 14.9 Å². The fourth-order valence-electron chi connectivity index (χ4n) is 2.34. The van der Waals surface area contributed by atoms with Gasteiger partial charge in [0.1, 0.15) is 15.8 Å². The molecule has 3 heterocycles. The average Bonchev–Trinajstić information content (AvgIpc) is 2.97. The first-order valence-corrected chi connectivity index (χ1v) is 7.30. The van der Waals surface area contributed by atoms with E-state index >= 15 is 0 Å². The Labute approximate surface area is 119 Å². The smallest absolute Gasteiger partial charge is 0.221 e. The molecule has 1 amide bonds. The van der Waals surface area contributed by atoms with Crippen LogP contribution in [0.25, 0.3) is 10.2 Å². The van der Waals surface area contributed by atoms with E-state index in [-0.39, 0.29) is 11.8 Å². The zero-order chi connectivity index (χ0) is 13.4. The number of fused-ring (bicyclic) bond motifs is 1. The van der Waals surface area contributed by atoms with Crippen molar-refractivity contribution in [3.8, 4) is 0 Å². The number of thiophene rings is 1. The summed E-state index contributed by atoms with van der Waals surface area (Å²) >= 11 is 7.68. The minimum Gasteiger partial charge on any atom is -0.369 e. The molecule has 1 fully saturated rings. The molecule has 0 bridgehead atoms. The van der Waals surface area contributed by atoms with Crippen molar-refractivity contribution in [3.63, 3.8) is 0 Å². The van der Waals surface area contributed by atoms with Crippen molar-refractivity contribution >= 4 is 39.1 Å². The second-order valence-corrected chi connectivity index (χ2v) is 5.95. The molecular weight excluding hydrogens is 284 g/mol. The van der Waals surface area contributed by atoms with Crippen LogP contribution < -0.4 is 5.73 Å². The summed E-state index contributed by atoms with van der Waals surface area (Å²) < 4.78 is 0. The highest BCUT2D eigenvalue weighted by Gasteiger charge is 2.27. The third kappa shape index (κ3) is 2.56. The van der Waals surface area contributed by atoms with Crippen molar-refractivity contribution in [2.24, 2.45) is 11.7 Å². The van der Waals surface area contributed by atoms with Crippen LogP contribution in [0.4, 0.5) is 0 Å². The maximum absolute atomic E-state index is 11.1. The minimum absolute atomic E-state index is 0.0547. The number of carbonyl (C=O) groups is 1. The highest BCUT2D eigenvalue weighted by atomic mass is 35.5. The van der Waals surface area contributed by atoms with Gasteiger partial charge >= 0.3 is 0 Å². The number of hydrogen-bond donors (Lipinski definition) is 1. The molecule has 2 aromatic heterocycles. The first-order valence-electron chi connectivity index (χ1n) is 6.05. The van der Waals surface area contributed by atoms with Gasteiger partial charge in [-0.05, 0) is 24.4 Å². The van der Waals surface area contributed by atoms with Crippen LogP contribution in [-0.4, -0.2) is 33.9 Å². The van der Waals surface area contributed by atoms with Crippen molar-refractivity contribution < 1.29 is 4.79 Å².